The van der Waals surface area contributed by atoms with Gasteiger partial charge in [-0.2, -0.15) is 0 Å². The van der Waals surface area contributed by atoms with Gasteiger partial charge >= 0.3 is 0 Å². The SMILES string of the molecule is NCC1(Cc2ccncc2Cl)CCCCCCC1. The molecule has 0 spiro atoms. The largest absolute Gasteiger partial charge is 0.330 e. The maximum Gasteiger partial charge on any atom is 0.0621 e. The quantitative estimate of drug-likeness (QED) is 0.899. The first-order valence-electron chi connectivity index (χ1n) is 7.04. The molecule has 0 atom stereocenters. The number of rotatable bonds is 3. The van der Waals surface area contributed by atoms with E-state index in [1.165, 1.54) is 50.5 Å². The lowest BCUT2D eigenvalue weighted by atomic mass is 9.72. The van der Waals surface area contributed by atoms with Crippen molar-refractivity contribution in [2.45, 2.75) is 51.4 Å². The van der Waals surface area contributed by atoms with Crippen molar-refractivity contribution in [3.63, 3.8) is 0 Å². The molecule has 2 N–H and O–H groups in total. The molecule has 2 nitrogen and oxygen atoms in total. The van der Waals surface area contributed by atoms with Gasteiger partial charge in [0.25, 0.3) is 0 Å². The first kappa shape index (κ1) is 13.8. The Morgan fingerprint density at radius 2 is 1.83 bits per heavy atom. The summed E-state index contributed by atoms with van der Waals surface area (Å²) in [5.74, 6) is 0. The van der Waals surface area contributed by atoms with E-state index in [2.05, 4.69) is 4.98 Å². The number of aromatic nitrogens is 1. The Bertz CT molecular complexity index is 371. The second-order valence-electron chi connectivity index (χ2n) is 5.62. The molecule has 1 heterocycles. The maximum absolute atomic E-state index is 6.23. The summed E-state index contributed by atoms with van der Waals surface area (Å²) in [4.78, 5) is 4.06. The first-order valence-corrected chi connectivity index (χ1v) is 7.42. The van der Waals surface area contributed by atoms with E-state index in [0.717, 1.165) is 18.0 Å². The summed E-state index contributed by atoms with van der Waals surface area (Å²) in [6, 6.07) is 2.04. The van der Waals surface area contributed by atoms with Gasteiger partial charge in [0.1, 0.15) is 0 Å². The minimum absolute atomic E-state index is 0.255. The molecule has 1 aliphatic rings. The Labute approximate surface area is 115 Å². The summed E-state index contributed by atoms with van der Waals surface area (Å²) in [6.45, 7) is 0.769. The number of nitrogens with two attached hydrogens (primary N) is 1. The third-order valence-corrected chi connectivity index (χ3v) is 4.61. The zero-order chi connectivity index (χ0) is 12.8. The third-order valence-electron chi connectivity index (χ3n) is 4.27. The van der Waals surface area contributed by atoms with Gasteiger partial charge in [-0.25, -0.2) is 0 Å². The number of pyridine rings is 1. The summed E-state index contributed by atoms with van der Waals surface area (Å²) in [5, 5.41) is 0.785. The van der Waals surface area contributed by atoms with Gasteiger partial charge in [-0.3, -0.25) is 4.98 Å². The average Bonchev–Trinajstić information content (AvgIpc) is 2.35. The van der Waals surface area contributed by atoms with E-state index in [-0.39, 0.29) is 5.41 Å². The van der Waals surface area contributed by atoms with Crippen LogP contribution in [0.1, 0.15) is 50.5 Å². The van der Waals surface area contributed by atoms with Crippen LogP contribution in [0.5, 0.6) is 0 Å². The number of halogens is 1. The highest BCUT2D eigenvalue weighted by Gasteiger charge is 2.29. The molecule has 1 aromatic heterocycles. The normalized spacial score (nSPS) is 20.1. The summed E-state index contributed by atoms with van der Waals surface area (Å²) in [5.41, 5.74) is 7.56. The third kappa shape index (κ3) is 3.46. The van der Waals surface area contributed by atoms with Crippen LogP contribution in [0.25, 0.3) is 0 Å². The summed E-state index contributed by atoms with van der Waals surface area (Å²) in [7, 11) is 0. The molecule has 100 valence electrons. The average molecular weight is 267 g/mol. The summed E-state index contributed by atoms with van der Waals surface area (Å²) in [6.07, 6.45) is 13.8. The molecule has 18 heavy (non-hydrogen) atoms. The van der Waals surface area contributed by atoms with E-state index in [1.54, 1.807) is 6.20 Å². The molecule has 1 fully saturated rings. The predicted molar refractivity (Wildman–Crippen MR) is 76.8 cm³/mol. The van der Waals surface area contributed by atoms with E-state index < -0.39 is 0 Å². The highest BCUT2D eigenvalue weighted by molar-refractivity contribution is 6.31. The summed E-state index contributed by atoms with van der Waals surface area (Å²) >= 11 is 6.23. The molecule has 0 aliphatic heterocycles. The zero-order valence-corrected chi connectivity index (χ0v) is 11.8. The van der Waals surface area contributed by atoms with Crippen LogP contribution in [-0.4, -0.2) is 11.5 Å². The molecule has 0 aromatic carbocycles. The van der Waals surface area contributed by atoms with E-state index in [9.17, 15) is 0 Å². The van der Waals surface area contributed by atoms with E-state index >= 15 is 0 Å². The van der Waals surface area contributed by atoms with Crippen molar-refractivity contribution in [2.24, 2.45) is 11.1 Å². The molecular formula is C15H23ClN2. The Balaban J connectivity index is 2.13. The maximum atomic E-state index is 6.23. The molecule has 3 heteroatoms. The van der Waals surface area contributed by atoms with Gasteiger partial charge in [0.05, 0.1) is 5.02 Å². The monoisotopic (exact) mass is 266 g/mol. The van der Waals surface area contributed by atoms with Crippen LogP contribution >= 0.6 is 11.6 Å². The second-order valence-corrected chi connectivity index (χ2v) is 6.02. The molecule has 0 bridgehead atoms. The molecule has 0 saturated heterocycles. The fourth-order valence-corrected chi connectivity index (χ4v) is 3.25. The molecule has 1 saturated carbocycles. The van der Waals surface area contributed by atoms with Crippen molar-refractivity contribution in [3.8, 4) is 0 Å². The van der Waals surface area contributed by atoms with Crippen molar-refractivity contribution in [1.82, 2.24) is 4.98 Å². The fourth-order valence-electron chi connectivity index (χ4n) is 3.06. The molecule has 1 aliphatic carbocycles. The Kier molecular flexibility index (Phi) is 5.02. The molecule has 0 unspecified atom stereocenters. The number of nitrogens with zero attached hydrogens (tertiary/aromatic N) is 1. The topological polar surface area (TPSA) is 38.9 Å². The lowest BCUT2D eigenvalue weighted by Gasteiger charge is -2.34. The Hall–Kier alpha value is -0.600. The Morgan fingerprint density at radius 1 is 1.17 bits per heavy atom. The van der Waals surface area contributed by atoms with Crippen molar-refractivity contribution >= 4 is 11.6 Å². The van der Waals surface area contributed by atoms with Crippen LogP contribution in [-0.2, 0) is 6.42 Å². The van der Waals surface area contributed by atoms with Crippen LogP contribution < -0.4 is 5.73 Å². The molecular weight excluding hydrogens is 244 g/mol. The standard InChI is InChI=1S/C15H23ClN2/c16-14-11-18-9-6-13(14)10-15(12-17)7-4-2-1-3-5-8-15/h6,9,11H,1-5,7-8,10,12,17H2. The highest BCUT2D eigenvalue weighted by Crippen LogP contribution is 2.37. The lowest BCUT2D eigenvalue weighted by molar-refractivity contribution is 0.217. The van der Waals surface area contributed by atoms with Crippen LogP contribution in [0.2, 0.25) is 5.02 Å². The van der Waals surface area contributed by atoms with Crippen LogP contribution in [0.3, 0.4) is 0 Å². The van der Waals surface area contributed by atoms with E-state index in [4.69, 9.17) is 17.3 Å². The number of hydrogen-bond acceptors (Lipinski definition) is 2. The summed E-state index contributed by atoms with van der Waals surface area (Å²) < 4.78 is 0. The van der Waals surface area contributed by atoms with E-state index in [1.807, 2.05) is 12.3 Å². The lowest BCUT2D eigenvalue weighted by Crippen LogP contribution is -2.33. The molecule has 0 radical (unpaired) electrons. The molecule has 0 amide bonds. The minimum Gasteiger partial charge on any atom is -0.330 e. The highest BCUT2D eigenvalue weighted by atomic mass is 35.5. The van der Waals surface area contributed by atoms with Gasteiger partial charge in [-0.05, 0) is 42.9 Å². The van der Waals surface area contributed by atoms with Gasteiger partial charge in [0.15, 0.2) is 0 Å². The van der Waals surface area contributed by atoms with Crippen molar-refractivity contribution in [3.05, 3.63) is 29.0 Å². The first-order chi connectivity index (χ1) is 8.76. The van der Waals surface area contributed by atoms with Crippen LogP contribution in [0.4, 0.5) is 0 Å². The van der Waals surface area contributed by atoms with Gasteiger partial charge in [-0.1, -0.05) is 43.7 Å². The second kappa shape index (κ2) is 6.53. The fraction of sp³-hybridized carbons (Fsp3) is 0.667. The van der Waals surface area contributed by atoms with Crippen molar-refractivity contribution in [2.75, 3.05) is 6.54 Å². The Morgan fingerprint density at radius 3 is 2.44 bits per heavy atom. The van der Waals surface area contributed by atoms with Gasteiger partial charge < -0.3 is 5.73 Å². The van der Waals surface area contributed by atoms with Gasteiger partial charge in [-0.15, -0.1) is 0 Å². The van der Waals surface area contributed by atoms with Crippen molar-refractivity contribution < 1.29 is 0 Å². The van der Waals surface area contributed by atoms with Crippen LogP contribution in [0.15, 0.2) is 18.5 Å². The zero-order valence-electron chi connectivity index (χ0n) is 11.0. The number of hydrogen-bond donors (Lipinski definition) is 1. The van der Waals surface area contributed by atoms with Gasteiger partial charge in [0.2, 0.25) is 0 Å². The minimum atomic E-state index is 0.255. The van der Waals surface area contributed by atoms with Gasteiger partial charge in [0, 0.05) is 12.4 Å². The smallest absolute Gasteiger partial charge is 0.0621 e. The predicted octanol–water partition coefficient (Wildman–Crippen LogP) is 3.97. The molecule has 1 aromatic rings. The van der Waals surface area contributed by atoms with Crippen molar-refractivity contribution in [1.29, 1.82) is 0 Å². The van der Waals surface area contributed by atoms with E-state index in [0.29, 0.717) is 0 Å². The molecule has 2 rings (SSSR count). The van der Waals surface area contributed by atoms with Crippen LogP contribution in [0, 0.1) is 5.41 Å².